The predicted molar refractivity (Wildman–Crippen MR) is 172 cm³/mol. The van der Waals surface area contributed by atoms with Gasteiger partial charge in [-0.15, -0.1) is 0 Å². The number of nitrogens with one attached hydrogen (secondary N) is 2. The molecule has 45 heavy (non-hydrogen) atoms. The lowest BCUT2D eigenvalue weighted by atomic mass is 9.89. The van der Waals surface area contributed by atoms with Crippen LogP contribution >= 0.6 is 0 Å². The smallest absolute Gasteiger partial charge is 0.318 e. The molecular weight excluding hydrogens is 597 g/mol. The molecule has 3 fully saturated rings. The number of phenolic OH excluding ortho intramolecular Hbond substituents is 1. The molecule has 0 radical (unpaired) electrons. The fourth-order valence-electron chi connectivity index (χ4n) is 7.54. The minimum Gasteiger partial charge on any atom is -0.508 e. The lowest BCUT2D eigenvalue weighted by Gasteiger charge is -2.41. The Bertz CT molecular complexity index is 1750. The summed E-state index contributed by atoms with van der Waals surface area (Å²) in [5.74, 6) is 0.669. The van der Waals surface area contributed by atoms with E-state index in [4.69, 9.17) is 14.7 Å². The van der Waals surface area contributed by atoms with E-state index in [1.54, 1.807) is 18.2 Å². The van der Waals surface area contributed by atoms with E-state index in [0.717, 1.165) is 72.3 Å². The summed E-state index contributed by atoms with van der Waals surface area (Å²) in [7, 11) is 0.618. The molecular formula is C32H42FN7O4S. The van der Waals surface area contributed by atoms with Crippen LogP contribution < -0.4 is 24.0 Å². The number of halogens is 1. The highest BCUT2D eigenvalue weighted by Gasteiger charge is 2.46. The Morgan fingerprint density at radius 3 is 2.67 bits per heavy atom. The Morgan fingerprint density at radius 1 is 1.13 bits per heavy atom. The highest BCUT2D eigenvalue weighted by Crippen LogP contribution is 2.46. The molecule has 0 bridgehead atoms. The van der Waals surface area contributed by atoms with Gasteiger partial charge in [-0.05, 0) is 75.7 Å². The van der Waals surface area contributed by atoms with E-state index in [1.807, 2.05) is 6.92 Å². The number of hydrogen-bond donors (Lipinski definition) is 3. The third-order valence-corrected chi connectivity index (χ3v) is 11.0. The van der Waals surface area contributed by atoms with E-state index >= 15 is 0 Å². The molecule has 3 N–H and O–H groups in total. The summed E-state index contributed by atoms with van der Waals surface area (Å²) in [5, 5.41) is 12.3. The average Bonchev–Trinajstić information content (AvgIpc) is 3.69. The average molecular weight is 640 g/mol. The topological polar surface area (TPSA) is 123 Å². The molecule has 4 aliphatic rings. The Hall–Kier alpha value is -3.26. The lowest BCUT2D eigenvalue weighted by molar-refractivity contribution is 0.182. The summed E-state index contributed by atoms with van der Waals surface area (Å²) in [5.41, 5.74) is 2.75. The number of aromatic nitrogens is 2. The molecule has 242 valence electrons. The van der Waals surface area contributed by atoms with Crippen LogP contribution in [0.15, 0.2) is 24.3 Å². The van der Waals surface area contributed by atoms with Gasteiger partial charge in [0.25, 0.3) is 10.2 Å². The van der Waals surface area contributed by atoms with Crippen LogP contribution in [0.5, 0.6) is 11.8 Å². The summed E-state index contributed by atoms with van der Waals surface area (Å²) in [6, 6.07) is 6.91. The fourth-order valence-corrected chi connectivity index (χ4v) is 8.88. The quantitative estimate of drug-likeness (QED) is 0.341. The summed E-state index contributed by atoms with van der Waals surface area (Å²) < 4.78 is 51.5. The van der Waals surface area contributed by atoms with E-state index < -0.39 is 15.7 Å². The maximum atomic E-state index is 15.0. The molecule has 1 saturated carbocycles. The van der Waals surface area contributed by atoms with Crippen molar-refractivity contribution in [2.24, 2.45) is 5.41 Å². The van der Waals surface area contributed by atoms with Crippen molar-refractivity contribution < 1.29 is 22.7 Å². The molecule has 1 atom stereocenters. The van der Waals surface area contributed by atoms with Crippen molar-refractivity contribution in [2.75, 3.05) is 63.2 Å². The zero-order valence-electron chi connectivity index (χ0n) is 26.2. The molecule has 3 aromatic rings. The predicted octanol–water partition coefficient (Wildman–Crippen LogP) is 3.10. The van der Waals surface area contributed by atoms with Crippen molar-refractivity contribution in [3.8, 4) is 11.8 Å². The lowest BCUT2D eigenvalue weighted by Crippen LogP contribution is -2.56. The fraction of sp³-hybridized carbons (Fsp3) is 0.562. The number of ether oxygens (including phenoxy) is 1. The molecule has 1 aliphatic carbocycles. The van der Waals surface area contributed by atoms with E-state index in [0.29, 0.717) is 57.2 Å². The number of fused-ring (bicyclic) bond motifs is 2. The second-order valence-corrected chi connectivity index (χ2v) is 15.1. The normalized spacial score (nSPS) is 23.6. The molecule has 0 amide bonds. The number of aryl methyl sites for hydroxylation is 1. The first kappa shape index (κ1) is 30.4. The molecule has 1 spiro atoms. The number of rotatable bonds is 8. The summed E-state index contributed by atoms with van der Waals surface area (Å²) in [6.07, 6.45) is 4.92. The van der Waals surface area contributed by atoms with Crippen molar-refractivity contribution in [3.05, 3.63) is 46.9 Å². The number of aromatic hydroxyl groups is 1. The van der Waals surface area contributed by atoms with Gasteiger partial charge in [0.15, 0.2) is 0 Å². The van der Waals surface area contributed by atoms with Crippen LogP contribution in [0.3, 0.4) is 0 Å². The van der Waals surface area contributed by atoms with Gasteiger partial charge in [0, 0.05) is 60.8 Å². The Balaban J connectivity index is 1.26. The van der Waals surface area contributed by atoms with Gasteiger partial charge < -0.3 is 24.5 Å². The molecule has 1 unspecified atom stereocenters. The monoisotopic (exact) mass is 639 g/mol. The van der Waals surface area contributed by atoms with Gasteiger partial charge in [0.1, 0.15) is 17.4 Å². The van der Waals surface area contributed by atoms with E-state index in [9.17, 15) is 17.9 Å². The summed E-state index contributed by atoms with van der Waals surface area (Å²) in [6.45, 7) is 6.04. The van der Waals surface area contributed by atoms with Crippen LogP contribution in [0.4, 0.5) is 15.9 Å². The van der Waals surface area contributed by atoms with E-state index in [-0.39, 0.29) is 17.0 Å². The van der Waals surface area contributed by atoms with Crippen molar-refractivity contribution in [2.45, 2.75) is 57.5 Å². The maximum absolute atomic E-state index is 15.0. The second kappa shape index (κ2) is 11.2. The zero-order valence-corrected chi connectivity index (χ0v) is 27.0. The van der Waals surface area contributed by atoms with Gasteiger partial charge in [0.2, 0.25) is 0 Å². The molecule has 4 heterocycles. The van der Waals surface area contributed by atoms with Gasteiger partial charge in [-0.25, -0.2) is 9.11 Å². The summed E-state index contributed by atoms with van der Waals surface area (Å²) in [4.78, 5) is 16.5. The van der Waals surface area contributed by atoms with Crippen molar-refractivity contribution in [1.29, 1.82) is 0 Å². The third-order valence-electron chi connectivity index (χ3n) is 9.79. The molecule has 11 nitrogen and oxygen atoms in total. The van der Waals surface area contributed by atoms with Crippen molar-refractivity contribution in [3.63, 3.8) is 0 Å². The van der Waals surface area contributed by atoms with Gasteiger partial charge >= 0.3 is 6.01 Å². The van der Waals surface area contributed by atoms with Crippen molar-refractivity contribution in [1.82, 2.24) is 24.3 Å². The third kappa shape index (κ3) is 5.91. The number of nitrogens with zero attached hydrogens (tertiary/aromatic N) is 5. The number of anilines is 2. The van der Waals surface area contributed by atoms with E-state index in [1.165, 1.54) is 6.07 Å². The van der Waals surface area contributed by atoms with Crippen LogP contribution in [-0.2, 0) is 29.6 Å². The summed E-state index contributed by atoms with van der Waals surface area (Å²) >= 11 is 0. The maximum Gasteiger partial charge on any atom is 0.318 e. The first-order chi connectivity index (χ1) is 21.5. The minimum absolute atomic E-state index is 0.0963. The number of piperidine rings is 1. The van der Waals surface area contributed by atoms with Gasteiger partial charge in [-0.3, -0.25) is 0 Å². The number of hydrogen-bond acceptors (Lipinski definition) is 9. The largest absolute Gasteiger partial charge is 0.508 e. The number of phenols is 1. The highest BCUT2D eigenvalue weighted by molar-refractivity contribution is 7.87. The first-order valence-corrected chi connectivity index (χ1v) is 17.4. The molecule has 3 aliphatic heterocycles. The SMILES string of the molecule is CCc1c(F)ccc2cc(O)cc(N3CCc4c(nc(OCC5(CN(C)C)CC5)nc4N4CCCC5(CNS(=O)(=O)N5)C4)C3)c12. The number of benzene rings is 2. The Morgan fingerprint density at radius 2 is 1.96 bits per heavy atom. The van der Waals surface area contributed by atoms with Crippen molar-refractivity contribution >= 4 is 32.5 Å². The molecule has 7 rings (SSSR count). The van der Waals surface area contributed by atoms with Gasteiger partial charge in [-0.2, -0.15) is 23.1 Å². The standard InChI is InChI=1S/C32H42FN7O4S/c1-4-23-25(33)7-6-21-14-22(41)15-27(28(21)23)39-13-8-24-26(16-39)35-30(44-20-31(10-11-31)18-38(2)3)36-29(24)40-12-5-9-32(19-40)17-34-45(42,43)37-32/h6-7,14-15,34,37,41H,4-5,8-13,16-20H2,1-3H3. The van der Waals surface area contributed by atoms with Crippen LogP contribution in [-0.4, -0.2) is 87.4 Å². The van der Waals surface area contributed by atoms with Gasteiger partial charge in [-0.1, -0.05) is 13.0 Å². The minimum atomic E-state index is -3.52. The van der Waals surface area contributed by atoms with Crippen LogP contribution in [0.25, 0.3) is 10.8 Å². The molecule has 2 saturated heterocycles. The van der Waals surface area contributed by atoms with Crippen LogP contribution in [0, 0.1) is 11.2 Å². The molecule has 2 aromatic carbocycles. The highest BCUT2D eigenvalue weighted by atomic mass is 32.2. The van der Waals surface area contributed by atoms with Gasteiger partial charge in [0.05, 0.1) is 24.4 Å². The van der Waals surface area contributed by atoms with Crippen LogP contribution in [0.1, 0.15) is 49.4 Å². The molecule has 13 heteroatoms. The Labute approximate surface area is 264 Å². The van der Waals surface area contributed by atoms with E-state index in [2.05, 4.69) is 38.2 Å². The Kier molecular flexibility index (Phi) is 7.58. The first-order valence-electron chi connectivity index (χ1n) is 15.9. The van der Waals surface area contributed by atoms with Crippen LogP contribution in [0.2, 0.25) is 0 Å². The molecule has 1 aromatic heterocycles. The second-order valence-electron chi connectivity index (χ2n) is 13.6. The zero-order chi connectivity index (χ0) is 31.6.